The summed E-state index contributed by atoms with van der Waals surface area (Å²) in [5.74, 6) is -4.11. The molecule has 4 rings (SSSR count). The quantitative estimate of drug-likeness (QED) is 0.654. The number of nitrogens with zero attached hydrogens (tertiary/aromatic N) is 1. The summed E-state index contributed by atoms with van der Waals surface area (Å²) in [5, 5.41) is 5.49. The molecular formula is C20H14F3N3O2S. The highest BCUT2D eigenvalue weighted by Gasteiger charge is 2.31. The lowest BCUT2D eigenvalue weighted by molar-refractivity contribution is -0.123. The third-order valence-corrected chi connectivity index (χ3v) is 5.48. The minimum atomic E-state index is -0.988. The molecule has 9 heteroatoms. The first-order valence-electron chi connectivity index (χ1n) is 8.65. The fourth-order valence-electron chi connectivity index (χ4n) is 3.22. The SMILES string of the molecule is Cc1sc(NC(=O)C2CC(=O)Nc3cc(F)ccc32)nc1-c1ccc(F)c(F)c1. The third kappa shape index (κ3) is 3.73. The smallest absolute Gasteiger partial charge is 0.234 e. The molecule has 148 valence electrons. The van der Waals surface area contributed by atoms with Crippen molar-refractivity contribution >= 4 is 34.0 Å². The highest BCUT2D eigenvalue weighted by Crippen LogP contribution is 2.35. The molecule has 0 fully saturated rings. The van der Waals surface area contributed by atoms with Gasteiger partial charge in [-0.2, -0.15) is 0 Å². The number of hydrogen-bond donors (Lipinski definition) is 2. The van der Waals surface area contributed by atoms with Crippen LogP contribution in [-0.2, 0) is 9.59 Å². The van der Waals surface area contributed by atoms with E-state index in [-0.39, 0.29) is 23.1 Å². The van der Waals surface area contributed by atoms with Crippen LogP contribution in [0.15, 0.2) is 36.4 Å². The molecule has 0 aliphatic carbocycles. The summed E-state index contributed by atoms with van der Waals surface area (Å²) in [7, 11) is 0. The van der Waals surface area contributed by atoms with Crippen LogP contribution in [0.4, 0.5) is 24.0 Å². The van der Waals surface area contributed by atoms with Crippen LogP contribution < -0.4 is 10.6 Å². The van der Waals surface area contributed by atoms with Gasteiger partial charge in [-0.15, -0.1) is 11.3 Å². The molecule has 1 aliphatic rings. The van der Waals surface area contributed by atoms with Crippen LogP contribution in [-0.4, -0.2) is 16.8 Å². The van der Waals surface area contributed by atoms with E-state index in [2.05, 4.69) is 15.6 Å². The van der Waals surface area contributed by atoms with Crippen molar-refractivity contribution in [2.75, 3.05) is 10.6 Å². The van der Waals surface area contributed by atoms with Gasteiger partial charge in [0.05, 0.1) is 11.6 Å². The number of amides is 2. The van der Waals surface area contributed by atoms with Crippen LogP contribution in [0.2, 0.25) is 0 Å². The molecule has 2 heterocycles. The third-order valence-electron chi connectivity index (χ3n) is 4.59. The molecule has 1 unspecified atom stereocenters. The minimum Gasteiger partial charge on any atom is -0.326 e. The second-order valence-corrected chi connectivity index (χ2v) is 7.78. The van der Waals surface area contributed by atoms with E-state index in [9.17, 15) is 22.8 Å². The second kappa shape index (κ2) is 7.32. The van der Waals surface area contributed by atoms with Gasteiger partial charge in [-0.1, -0.05) is 6.07 Å². The summed E-state index contributed by atoms with van der Waals surface area (Å²) in [4.78, 5) is 29.7. The van der Waals surface area contributed by atoms with E-state index in [0.29, 0.717) is 21.7 Å². The second-order valence-electron chi connectivity index (χ2n) is 6.58. The van der Waals surface area contributed by atoms with Gasteiger partial charge in [0.15, 0.2) is 16.8 Å². The molecule has 29 heavy (non-hydrogen) atoms. The molecule has 0 radical (unpaired) electrons. The highest BCUT2D eigenvalue weighted by molar-refractivity contribution is 7.16. The maximum Gasteiger partial charge on any atom is 0.234 e. The summed E-state index contributed by atoms with van der Waals surface area (Å²) in [6.07, 6.45) is -0.0785. The number of nitrogens with one attached hydrogen (secondary N) is 2. The Labute approximate surface area is 167 Å². The maximum absolute atomic E-state index is 13.5. The molecule has 5 nitrogen and oxygen atoms in total. The van der Waals surface area contributed by atoms with E-state index in [1.165, 1.54) is 35.6 Å². The predicted molar refractivity (Wildman–Crippen MR) is 103 cm³/mol. The molecule has 2 aromatic carbocycles. The molecule has 0 bridgehead atoms. The molecule has 2 amide bonds. The molecule has 1 atom stereocenters. The van der Waals surface area contributed by atoms with E-state index in [1.807, 2.05) is 0 Å². The van der Waals surface area contributed by atoms with Gasteiger partial charge >= 0.3 is 0 Å². The van der Waals surface area contributed by atoms with E-state index < -0.39 is 29.3 Å². The van der Waals surface area contributed by atoms with Crippen molar-refractivity contribution in [3.8, 4) is 11.3 Å². The van der Waals surface area contributed by atoms with Gasteiger partial charge < -0.3 is 10.6 Å². The average Bonchev–Trinajstić information content (AvgIpc) is 3.03. The summed E-state index contributed by atoms with van der Waals surface area (Å²) >= 11 is 1.18. The number of hydrogen-bond acceptors (Lipinski definition) is 4. The molecule has 0 saturated heterocycles. The normalized spacial score (nSPS) is 15.6. The van der Waals surface area contributed by atoms with E-state index in [0.717, 1.165) is 12.1 Å². The number of thiazole rings is 1. The maximum atomic E-state index is 13.5. The minimum absolute atomic E-state index is 0.0785. The topological polar surface area (TPSA) is 71.1 Å². The Kier molecular flexibility index (Phi) is 4.83. The van der Waals surface area contributed by atoms with Crippen molar-refractivity contribution in [1.82, 2.24) is 4.98 Å². The van der Waals surface area contributed by atoms with E-state index in [1.54, 1.807) is 6.92 Å². The van der Waals surface area contributed by atoms with Gasteiger partial charge in [-0.3, -0.25) is 9.59 Å². The zero-order valence-electron chi connectivity index (χ0n) is 15.1. The first kappa shape index (κ1) is 19.1. The number of rotatable bonds is 3. The van der Waals surface area contributed by atoms with Crippen LogP contribution >= 0.6 is 11.3 Å². The van der Waals surface area contributed by atoms with Crippen molar-refractivity contribution in [2.45, 2.75) is 19.3 Å². The summed E-state index contributed by atoms with van der Waals surface area (Å²) in [5.41, 5.74) is 1.58. The number of carbonyl (C=O) groups excluding carboxylic acids is 2. The largest absolute Gasteiger partial charge is 0.326 e. The van der Waals surface area contributed by atoms with E-state index >= 15 is 0 Å². The van der Waals surface area contributed by atoms with Gasteiger partial charge in [0.25, 0.3) is 0 Å². The molecule has 1 aliphatic heterocycles. The molecule has 2 N–H and O–H groups in total. The fraction of sp³-hybridized carbons (Fsp3) is 0.150. The number of aryl methyl sites for hydroxylation is 1. The highest BCUT2D eigenvalue weighted by atomic mass is 32.1. The van der Waals surface area contributed by atoms with E-state index in [4.69, 9.17) is 0 Å². The number of anilines is 2. The van der Waals surface area contributed by atoms with Gasteiger partial charge in [0, 0.05) is 22.5 Å². The zero-order chi connectivity index (χ0) is 20.7. The van der Waals surface area contributed by atoms with Gasteiger partial charge in [-0.05, 0) is 42.8 Å². The first-order valence-corrected chi connectivity index (χ1v) is 9.46. The Morgan fingerprint density at radius 3 is 2.72 bits per heavy atom. The number of benzene rings is 2. The standard InChI is InChI=1S/C20H14F3N3O2S/c1-9-18(10-2-5-14(22)15(23)6-10)25-20(29-9)26-19(28)13-8-17(27)24-16-7-11(21)3-4-12(13)16/h2-7,13H,8H2,1H3,(H,24,27)(H,25,26,28). The first-order chi connectivity index (χ1) is 13.8. The average molecular weight is 417 g/mol. The van der Waals surface area contributed by atoms with Crippen molar-refractivity contribution in [1.29, 1.82) is 0 Å². The Morgan fingerprint density at radius 1 is 1.17 bits per heavy atom. The molecule has 3 aromatic rings. The Hall–Kier alpha value is -3.20. The number of fused-ring (bicyclic) bond motifs is 1. The molecular weight excluding hydrogens is 403 g/mol. The predicted octanol–water partition coefficient (Wildman–Crippen LogP) is 4.60. The lowest BCUT2D eigenvalue weighted by Crippen LogP contribution is -2.30. The summed E-state index contributed by atoms with van der Waals surface area (Å²) in [6, 6.07) is 7.32. The fourth-order valence-corrected chi connectivity index (χ4v) is 4.06. The van der Waals surface area contributed by atoms with Crippen molar-refractivity contribution < 1.29 is 22.8 Å². The van der Waals surface area contributed by atoms with Crippen LogP contribution in [0.25, 0.3) is 11.3 Å². The lowest BCUT2D eigenvalue weighted by atomic mass is 9.90. The van der Waals surface area contributed by atoms with Crippen LogP contribution in [0.5, 0.6) is 0 Å². The van der Waals surface area contributed by atoms with Crippen molar-refractivity contribution in [3.63, 3.8) is 0 Å². The Bertz CT molecular complexity index is 1150. The van der Waals surface area contributed by atoms with Crippen molar-refractivity contribution in [3.05, 3.63) is 64.3 Å². The number of carbonyl (C=O) groups is 2. The monoisotopic (exact) mass is 417 g/mol. The summed E-state index contributed by atoms with van der Waals surface area (Å²) < 4.78 is 40.1. The molecule has 0 saturated carbocycles. The van der Waals surface area contributed by atoms with Gasteiger partial charge in [-0.25, -0.2) is 18.2 Å². The molecule has 0 spiro atoms. The summed E-state index contributed by atoms with van der Waals surface area (Å²) in [6.45, 7) is 1.75. The Morgan fingerprint density at radius 2 is 1.97 bits per heavy atom. The van der Waals surface area contributed by atoms with Gasteiger partial charge in [0.2, 0.25) is 11.8 Å². The number of aromatic nitrogens is 1. The Balaban J connectivity index is 1.60. The van der Waals surface area contributed by atoms with Crippen LogP contribution in [0.1, 0.15) is 22.8 Å². The van der Waals surface area contributed by atoms with Gasteiger partial charge in [0.1, 0.15) is 5.82 Å². The number of halogens is 3. The van der Waals surface area contributed by atoms with Crippen LogP contribution in [0.3, 0.4) is 0 Å². The lowest BCUT2D eigenvalue weighted by Gasteiger charge is -2.24. The van der Waals surface area contributed by atoms with Crippen molar-refractivity contribution in [2.24, 2.45) is 0 Å². The zero-order valence-corrected chi connectivity index (χ0v) is 15.9. The van der Waals surface area contributed by atoms with Crippen LogP contribution in [0, 0.1) is 24.4 Å². The molecule has 1 aromatic heterocycles.